The topological polar surface area (TPSA) is 122 Å². The number of fused-ring (bicyclic) bond motifs is 1. The lowest BCUT2D eigenvalue weighted by Gasteiger charge is -2.14. The van der Waals surface area contributed by atoms with Crippen LogP contribution in [0.3, 0.4) is 0 Å². The van der Waals surface area contributed by atoms with Crippen molar-refractivity contribution < 1.29 is 18.7 Å². The Hall–Kier alpha value is -4.60. The second kappa shape index (κ2) is 10.6. The van der Waals surface area contributed by atoms with Crippen LogP contribution < -0.4 is 20.7 Å². The van der Waals surface area contributed by atoms with Crippen LogP contribution in [-0.2, 0) is 0 Å². The van der Waals surface area contributed by atoms with Crippen molar-refractivity contribution in [3.63, 3.8) is 0 Å². The minimum absolute atomic E-state index is 0.116. The van der Waals surface area contributed by atoms with E-state index in [1.807, 2.05) is 12.1 Å². The fourth-order valence-corrected chi connectivity index (χ4v) is 3.95. The van der Waals surface area contributed by atoms with Gasteiger partial charge in [-0.15, -0.1) is 0 Å². The Morgan fingerprint density at radius 1 is 1.14 bits per heavy atom. The molecule has 2 aromatic carbocycles. The van der Waals surface area contributed by atoms with Crippen LogP contribution in [0.5, 0.6) is 11.5 Å². The number of aromatic nitrogens is 2. The normalized spacial score (nSPS) is 13.2. The summed E-state index contributed by atoms with van der Waals surface area (Å²) in [5.41, 5.74) is 3.63. The van der Waals surface area contributed by atoms with E-state index in [1.165, 1.54) is 11.8 Å². The fraction of sp³-hybridized carbons (Fsp3) is 0.259. The summed E-state index contributed by atoms with van der Waals surface area (Å²) in [6, 6.07) is 17.0. The third-order valence-electron chi connectivity index (χ3n) is 6.00. The number of urea groups is 1. The number of hydrogen-bond acceptors (Lipinski definition) is 7. The maximum atomic E-state index is 12.5. The molecular weight excluding hydrogens is 472 g/mol. The van der Waals surface area contributed by atoms with Crippen LogP contribution in [0.25, 0.3) is 11.1 Å². The van der Waals surface area contributed by atoms with Gasteiger partial charge in [-0.2, -0.15) is 4.98 Å². The van der Waals surface area contributed by atoms with E-state index in [2.05, 4.69) is 51.9 Å². The summed E-state index contributed by atoms with van der Waals surface area (Å²) in [5, 5.41) is 8.70. The van der Waals surface area contributed by atoms with Gasteiger partial charge in [0.15, 0.2) is 5.58 Å². The van der Waals surface area contributed by atoms with Crippen molar-refractivity contribution in [3.05, 3.63) is 72.1 Å². The van der Waals surface area contributed by atoms with Gasteiger partial charge < -0.3 is 30.0 Å². The van der Waals surface area contributed by atoms with Crippen LogP contribution in [0.15, 0.2) is 65.2 Å². The molecule has 0 bridgehead atoms. The van der Waals surface area contributed by atoms with Gasteiger partial charge in [0, 0.05) is 50.2 Å². The van der Waals surface area contributed by atoms with Gasteiger partial charge in [0.05, 0.1) is 0 Å². The molecule has 10 heteroatoms. The third kappa shape index (κ3) is 5.80. The molecule has 10 nitrogen and oxygen atoms in total. The summed E-state index contributed by atoms with van der Waals surface area (Å²) >= 11 is 0. The van der Waals surface area contributed by atoms with Crippen molar-refractivity contribution >= 4 is 34.7 Å². The molecule has 37 heavy (non-hydrogen) atoms. The lowest BCUT2D eigenvalue weighted by molar-refractivity contribution is 0.0945. The zero-order chi connectivity index (χ0) is 25.8. The van der Waals surface area contributed by atoms with Gasteiger partial charge in [0.2, 0.25) is 0 Å². The summed E-state index contributed by atoms with van der Waals surface area (Å²) in [6.07, 6.45) is 1.51. The van der Waals surface area contributed by atoms with Crippen LogP contribution in [0.4, 0.5) is 16.5 Å². The molecule has 3 N–H and O–H groups in total. The Morgan fingerprint density at radius 2 is 1.95 bits per heavy atom. The first kappa shape index (κ1) is 24.1. The number of carbonyl (C=O) groups excluding carboxylic acids is 2. The minimum Gasteiger partial charge on any atom is -0.457 e. The molecule has 0 unspecified atom stereocenters. The van der Waals surface area contributed by atoms with Crippen molar-refractivity contribution in [3.8, 4) is 11.5 Å². The Balaban J connectivity index is 1.21. The molecule has 4 aromatic rings. The molecule has 1 aliphatic heterocycles. The van der Waals surface area contributed by atoms with E-state index in [4.69, 9.17) is 9.15 Å². The van der Waals surface area contributed by atoms with E-state index in [9.17, 15) is 9.59 Å². The first-order valence-corrected chi connectivity index (χ1v) is 12.2. The van der Waals surface area contributed by atoms with Gasteiger partial charge in [-0.05, 0) is 41.8 Å². The minimum atomic E-state index is -0.339. The number of benzene rings is 2. The summed E-state index contributed by atoms with van der Waals surface area (Å²) in [4.78, 5) is 34.4. The van der Waals surface area contributed by atoms with E-state index in [-0.39, 0.29) is 17.6 Å². The van der Waals surface area contributed by atoms with Crippen molar-refractivity contribution in [2.24, 2.45) is 0 Å². The Morgan fingerprint density at radius 3 is 2.70 bits per heavy atom. The number of anilines is 2. The number of carbonyl (C=O) groups is 2. The van der Waals surface area contributed by atoms with Crippen molar-refractivity contribution in [2.45, 2.75) is 19.8 Å². The number of nitrogens with zero attached hydrogens (tertiary/aromatic N) is 3. The number of rotatable bonds is 9. The average Bonchev–Trinajstić information content (AvgIpc) is 3.49. The molecule has 2 aromatic heterocycles. The van der Waals surface area contributed by atoms with Gasteiger partial charge in [-0.3, -0.25) is 9.78 Å². The highest BCUT2D eigenvalue weighted by atomic mass is 16.5. The van der Waals surface area contributed by atoms with Crippen molar-refractivity contribution in [1.29, 1.82) is 0 Å². The fourth-order valence-electron chi connectivity index (χ4n) is 3.95. The number of amides is 3. The maximum absolute atomic E-state index is 12.5. The summed E-state index contributed by atoms with van der Waals surface area (Å²) in [5.74, 6) is 1.14. The number of pyridine rings is 1. The zero-order valence-electron chi connectivity index (χ0n) is 20.7. The molecule has 1 aliphatic rings. The van der Waals surface area contributed by atoms with Crippen LogP contribution >= 0.6 is 0 Å². The summed E-state index contributed by atoms with van der Waals surface area (Å²) in [7, 11) is 0. The molecular formula is C27H28N6O4. The maximum Gasteiger partial charge on any atom is 0.317 e. The highest BCUT2D eigenvalue weighted by Gasteiger charge is 2.19. The number of hydrogen-bond donors (Lipinski definition) is 3. The standard InChI is InChI=1S/C27H28N6O4/c1-17(2)18-3-5-19(6-4-18)31-26-32-22-15-20(7-8-24(22)37-26)36-21-9-10-28-23(16-21)25(34)29-11-13-33-14-12-30-27(33)35/h3-10,15-17H,11-14H2,1-2H3,(H,29,34)(H,30,35)(H,31,32). The molecule has 0 saturated carbocycles. The molecule has 0 aliphatic carbocycles. The predicted molar refractivity (Wildman–Crippen MR) is 139 cm³/mol. The molecule has 3 heterocycles. The highest BCUT2D eigenvalue weighted by Crippen LogP contribution is 2.29. The van der Waals surface area contributed by atoms with Crippen molar-refractivity contribution in [1.82, 2.24) is 25.5 Å². The number of oxazole rings is 1. The first-order chi connectivity index (χ1) is 17.9. The highest BCUT2D eigenvalue weighted by molar-refractivity contribution is 5.92. The monoisotopic (exact) mass is 500 g/mol. The van der Waals surface area contributed by atoms with E-state index < -0.39 is 0 Å². The molecule has 0 radical (unpaired) electrons. The Kier molecular flexibility index (Phi) is 6.89. The van der Waals surface area contributed by atoms with E-state index in [0.29, 0.717) is 60.7 Å². The average molecular weight is 501 g/mol. The number of nitrogens with one attached hydrogen (secondary N) is 3. The molecule has 0 spiro atoms. The molecule has 5 rings (SSSR count). The SMILES string of the molecule is CC(C)c1ccc(Nc2nc3cc(Oc4ccnc(C(=O)NCCN5CCNC5=O)c4)ccc3o2)cc1. The lowest BCUT2D eigenvalue weighted by atomic mass is 10.0. The second-order valence-corrected chi connectivity index (χ2v) is 9.00. The van der Waals surface area contributed by atoms with Crippen LogP contribution in [0.1, 0.15) is 35.8 Å². The van der Waals surface area contributed by atoms with Crippen molar-refractivity contribution in [2.75, 3.05) is 31.5 Å². The molecule has 3 amide bonds. The summed E-state index contributed by atoms with van der Waals surface area (Å²) in [6.45, 7) is 6.34. The van der Waals surface area contributed by atoms with E-state index in [1.54, 1.807) is 35.2 Å². The molecule has 0 atom stereocenters. The first-order valence-electron chi connectivity index (χ1n) is 12.2. The Labute approximate surface area is 214 Å². The zero-order valence-corrected chi connectivity index (χ0v) is 20.7. The predicted octanol–water partition coefficient (Wildman–Crippen LogP) is 4.64. The third-order valence-corrected chi connectivity index (χ3v) is 6.00. The van der Waals surface area contributed by atoms with Gasteiger partial charge >= 0.3 is 6.03 Å². The van der Waals surface area contributed by atoms with Gasteiger partial charge in [0.1, 0.15) is 22.7 Å². The quantitative estimate of drug-likeness (QED) is 0.306. The largest absolute Gasteiger partial charge is 0.457 e. The second-order valence-electron chi connectivity index (χ2n) is 9.00. The molecule has 1 saturated heterocycles. The van der Waals surface area contributed by atoms with Gasteiger partial charge in [0.25, 0.3) is 11.9 Å². The number of ether oxygens (including phenoxy) is 1. The lowest BCUT2D eigenvalue weighted by Crippen LogP contribution is -2.37. The van der Waals surface area contributed by atoms with Crippen LogP contribution in [0, 0.1) is 0 Å². The smallest absolute Gasteiger partial charge is 0.317 e. The van der Waals surface area contributed by atoms with E-state index in [0.717, 1.165) is 5.69 Å². The molecule has 190 valence electrons. The molecule has 1 fully saturated rings. The van der Waals surface area contributed by atoms with Gasteiger partial charge in [-0.25, -0.2) is 4.79 Å². The van der Waals surface area contributed by atoms with Crippen LogP contribution in [-0.4, -0.2) is 53.0 Å². The van der Waals surface area contributed by atoms with E-state index >= 15 is 0 Å². The Bertz CT molecular complexity index is 1420. The summed E-state index contributed by atoms with van der Waals surface area (Å²) < 4.78 is 11.8. The van der Waals surface area contributed by atoms with Crippen LogP contribution in [0.2, 0.25) is 0 Å². The van der Waals surface area contributed by atoms with Gasteiger partial charge in [-0.1, -0.05) is 26.0 Å².